The molecule has 1 nitrogen and oxygen atoms in total. The Kier molecular flexibility index (Phi) is 3.71. The summed E-state index contributed by atoms with van der Waals surface area (Å²) in [5.41, 5.74) is 0. The van der Waals surface area contributed by atoms with E-state index in [1.54, 1.807) is 0 Å². The van der Waals surface area contributed by atoms with E-state index in [-0.39, 0.29) is 6.10 Å². The maximum absolute atomic E-state index is 9.31. The van der Waals surface area contributed by atoms with E-state index in [9.17, 15) is 5.11 Å². The summed E-state index contributed by atoms with van der Waals surface area (Å²) in [6, 6.07) is 0. The van der Waals surface area contributed by atoms with E-state index >= 15 is 0 Å². The molecule has 10 heavy (non-hydrogen) atoms. The van der Waals surface area contributed by atoms with Gasteiger partial charge in [0, 0.05) is 4.83 Å². The summed E-state index contributed by atoms with van der Waals surface area (Å²) < 4.78 is 0. The van der Waals surface area contributed by atoms with Gasteiger partial charge in [0.1, 0.15) is 0 Å². The molecule has 0 saturated heterocycles. The van der Waals surface area contributed by atoms with Crippen LogP contribution in [0.15, 0.2) is 0 Å². The molecule has 2 atom stereocenters. The maximum atomic E-state index is 9.31. The van der Waals surface area contributed by atoms with Crippen LogP contribution in [0.1, 0.15) is 38.5 Å². The Morgan fingerprint density at radius 3 is 2.50 bits per heavy atom. The van der Waals surface area contributed by atoms with Gasteiger partial charge in [0.2, 0.25) is 0 Å². The smallest absolute Gasteiger partial charge is 0.0540 e. The van der Waals surface area contributed by atoms with Crippen molar-refractivity contribution in [2.75, 3.05) is 0 Å². The summed E-state index contributed by atoms with van der Waals surface area (Å²) in [6.45, 7) is 0. The van der Waals surface area contributed by atoms with Gasteiger partial charge in [0.25, 0.3) is 0 Å². The lowest BCUT2D eigenvalue weighted by Crippen LogP contribution is -2.12. The second kappa shape index (κ2) is 4.35. The second-order valence-corrected chi connectivity index (χ2v) is 4.41. The molecule has 0 aromatic rings. The Hall–Kier alpha value is 0.440. The predicted octanol–water partition coefficient (Wildman–Crippen LogP) is 2.47. The van der Waals surface area contributed by atoms with E-state index in [1.165, 1.54) is 19.3 Å². The fourth-order valence-corrected chi connectivity index (χ4v) is 2.00. The highest BCUT2D eigenvalue weighted by Crippen LogP contribution is 2.22. The third-order valence-corrected chi connectivity index (χ3v) is 3.03. The van der Waals surface area contributed by atoms with Gasteiger partial charge in [0.15, 0.2) is 0 Å². The minimum absolute atomic E-state index is 0.0275. The molecule has 0 amide bonds. The second-order valence-electron chi connectivity index (χ2n) is 3.11. The Morgan fingerprint density at radius 2 is 1.70 bits per heavy atom. The molecule has 60 valence electrons. The Morgan fingerprint density at radius 1 is 1.00 bits per heavy atom. The molecule has 0 aromatic carbocycles. The number of alkyl halides is 1. The number of hydrogen-bond donors (Lipinski definition) is 1. The fraction of sp³-hybridized carbons (Fsp3) is 1.00. The van der Waals surface area contributed by atoms with Crippen molar-refractivity contribution < 1.29 is 5.11 Å². The van der Waals surface area contributed by atoms with Crippen molar-refractivity contribution in [2.45, 2.75) is 49.5 Å². The van der Waals surface area contributed by atoms with Crippen LogP contribution in [0.2, 0.25) is 0 Å². The quantitative estimate of drug-likeness (QED) is 0.605. The summed E-state index contributed by atoms with van der Waals surface area (Å²) in [6.07, 6.45) is 6.86. The van der Waals surface area contributed by atoms with Crippen LogP contribution in [0, 0.1) is 0 Å². The first-order valence-electron chi connectivity index (χ1n) is 4.11. The highest BCUT2D eigenvalue weighted by Gasteiger charge is 2.12. The van der Waals surface area contributed by atoms with Gasteiger partial charge in [-0.2, -0.15) is 0 Å². The minimum Gasteiger partial charge on any atom is -0.393 e. The van der Waals surface area contributed by atoms with Gasteiger partial charge in [-0.25, -0.2) is 0 Å². The van der Waals surface area contributed by atoms with Crippen molar-refractivity contribution in [2.24, 2.45) is 0 Å². The van der Waals surface area contributed by atoms with E-state index in [1.807, 2.05) is 0 Å². The van der Waals surface area contributed by atoms with E-state index in [2.05, 4.69) is 15.9 Å². The summed E-state index contributed by atoms with van der Waals surface area (Å²) in [5, 5.41) is 9.31. The van der Waals surface area contributed by atoms with Gasteiger partial charge >= 0.3 is 0 Å². The Balaban J connectivity index is 2.23. The zero-order chi connectivity index (χ0) is 7.40. The van der Waals surface area contributed by atoms with Crippen LogP contribution in [-0.2, 0) is 0 Å². The molecule has 2 heteroatoms. The van der Waals surface area contributed by atoms with Crippen molar-refractivity contribution in [1.29, 1.82) is 0 Å². The van der Waals surface area contributed by atoms with Gasteiger partial charge in [-0.1, -0.05) is 28.8 Å². The van der Waals surface area contributed by atoms with Crippen molar-refractivity contribution >= 4 is 15.9 Å². The molecule has 1 N–H and O–H groups in total. The zero-order valence-electron chi connectivity index (χ0n) is 6.22. The number of aliphatic hydroxyl groups is 1. The predicted molar refractivity (Wildman–Crippen MR) is 46.4 cm³/mol. The largest absolute Gasteiger partial charge is 0.393 e. The third kappa shape index (κ3) is 3.02. The van der Waals surface area contributed by atoms with Crippen molar-refractivity contribution in [3.63, 3.8) is 0 Å². The molecular formula is C8H15BrO. The van der Waals surface area contributed by atoms with Crippen LogP contribution >= 0.6 is 15.9 Å². The summed E-state index contributed by atoms with van der Waals surface area (Å²) in [4.78, 5) is 0.655. The van der Waals surface area contributed by atoms with Crippen molar-refractivity contribution in [3.05, 3.63) is 0 Å². The third-order valence-electron chi connectivity index (χ3n) is 2.12. The lowest BCUT2D eigenvalue weighted by atomic mass is 9.99. The first-order chi connectivity index (χ1) is 4.79. The van der Waals surface area contributed by atoms with Crippen molar-refractivity contribution in [1.82, 2.24) is 0 Å². The van der Waals surface area contributed by atoms with E-state index in [0.717, 1.165) is 19.3 Å². The fourth-order valence-electron chi connectivity index (χ4n) is 1.41. The molecule has 0 radical (unpaired) electrons. The Labute approximate surface area is 70.9 Å². The number of rotatable bonds is 0. The Bertz CT molecular complexity index is 83.3. The molecule has 0 spiro atoms. The molecule has 0 bridgehead atoms. The van der Waals surface area contributed by atoms with Crippen LogP contribution in [0.4, 0.5) is 0 Å². The van der Waals surface area contributed by atoms with Gasteiger partial charge in [-0.3, -0.25) is 0 Å². The molecule has 1 saturated carbocycles. The molecule has 1 fully saturated rings. The van der Waals surface area contributed by atoms with Gasteiger partial charge in [0.05, 0.1) is 6.10 Å². The summed E-state index contributed by atoms with van der Waals surface area (Å²) in [5.74, 6) is 0. The molecule has 1 aliphatic carbocycles. The molecule has 0 aliphatic heterocycles. The topological polar surface area (TPSA) is 20.2 Å². The standard InChI is InChI=1S/C8H15BrO/c9-7-3-1-2-4-8(10)6-5-7/h7-8,10H,1-6H2. The average Bonchev–Trinajstić information content (AvgIpc) is 1.90. The highest BCUT2D eigenvalue weighted by molar-refractivity contribution is 9.09. The summed E-state index contributed by atoms with van der Waals surface area (Å²) in [7, 11) is 0. The van der Waals surface area contributed by atoms with E-state index in [4.69, 9.17) is 0 Å². The molecule has 0 aromatic heterocycles. The van der Waals surface area contributed by atoms with Crippen molar-refractivity contribution in [3.8, 4) is 0 Å². The van der Waals surface area contributed by atoms with Crippen LogP contribution in [0.3, 0.4) is 0 Å². The van der Waals surface area contributed by atoms with Crippen LogP contribution in [0.5, 0.6) is 0 Å². The first-order valence-corrected chi connectivity index (χ1v) is 5.03. The lowest BCUT2D eigenvalue weighted by molar-refractivity contribution is 0.143. The van der Waals surface area contributed by atoms with Crippen LogP contribution < -0.4 is 0 Å². The average molecular weight is 207 g/mol. The molecule has 2 unspecified atom stereocenters. The summed E-state index contributed by atoms with van der Waals surface area (Å²) >= 11 is 3.59. The normalized spacial score (nSPS) is 36.6. The van der Waals surface area contributed by atoms with Gasteiger partial charge < -0.3 is 5.11 Å². The van der Waals surface area contributed by atoms with Gasteiger partial charge in [-0.15, -0.1) is 0 Å². The maximum Gasteiger partial charge on any atom is 0.0540 e. The zero-order valence-corrected chi connectivity index (χ0v) is 7.81. The van der Waals surface area contributed by atoms with Crippen LogP contribution in [-0.4, -0.2) is 16.0 Å². The highest BCUT2D eigenvalue weighted by atomic mass is 79.9. The number of aliphatic hydroxyl groups excluding tert-OH is 1. The van der Waals surface area contributed by atoms with Crippen LogP contribution in [0.25, 0.3) is 0 Å². The number of hydrogen-bond acceptors (Lipinski definition) is 1. The lowest BCUT2D eigenvalue weighted by Gasteiger charge is -2.17. The van der Waals surface area contributed by atoms with E-state index < -0.39 is 0 Å². The first kappa shape index (κ1) is 8.54. The molecule has 1 aliphatic rings. The molecule has 0 heterocycles. The number of halogens is 1. The van der Waals surface area contributed by atoms with E-state index in [0.29, 0.717) is 4.83 Å². The monoisotopic (exact) mass is 206 g/mol. The van der Waals surface area contributed by atoms with Gasteiger partial charge in [-0.05, 0) is 25.7 Å². The molecular weight excluding hydrogens is 192 g/mol. The molecule has 1 rings (SSSR count). The SMILES string of the molecule is OC1CCCCC(Br)CC1. The minimum atomic E-state index is -0.0275.